The van der Waals surface area contributed by atoms with Gasteiger partial charge in [0, 0.05) is 16.2 Å². The maximum Gasteiger partial charge on any atom is 0.339 e. The van der Waals surface area contributed by atoms with Gasteiger partial charge in [-0.1, -0.05) is 39.8 Å². The molecule has 3 aliphatic carbocycles. The quantitative estimate of drug-likeness (QED) is 0.741. The van der Waals surface area contributed by atoms with Crippen molar-refractivity contribution in [1.82, 2.24) is 0 Å². The van der Waals surface area contributed by atoms with E-state index in [2.05, 4.69) is 0 Å². The predicted octanol–water partition coefficient (Wildman–Crippen LogP) is 2.99. The molecule has 0 aliphatic heterocycles. The number of ketones is 2. The Labute approximate surface area is 146 Å². The van der Waals surface area contributed by atoms with E-state index in [1.54, 1.807) is 19.9 Å². The van der Waals surface area contributed by atoms with Crippen molar-refractivity contribution in [3.8, 4) is 6.07 Å². The smallest absolute Gasteiger partial charge is 0.339 e. The van der Waals surface area contributed by atoms with Gasteiger partial charge in [-0.25, -0.2) is 4.79 Å². The molecule has 0 heterocycles. The monoisotopic (exact) mass is 339 g/mol. The zero-order chi connectivity index (χ0) is 18.8. The number of carbonyl (C=O) groups is 3. The Morgan fingerprint density at radius 3 is 2.44 bits per heavy atom. The number of hydrogen-bond acceptors (Lipinski definition) is 4. The number of hydrogen-bond donors (Lipinski definition) is 1. The molecule has 1 N–H and O–H groups in total. The third kappa shape index (κ3) is 2.17. The van der Waals surface area contributed by atoms with Crippen LogP contribution in [0.2, 0.25) is 0 Å². The minimum absolute atomic E-state index is 0.0974. The van der Waals surface area contributed by atoms with Crippen LogP contribution in [-0.4, -0.2) is 22.6 Å². The van der Waals surface area contributed by atoms with E-state index >= 15 is 0 Å². The van der Waals surface area contributed by atoms with Gasteiger partial charge in [0.1, 0.15) is 6.07 Å². The zero-order valence-corrected chi connectivity index (χ0v) is 14.8. The number of carboxylic acid groups (broad SMARTS) is 1. The van der Waals surface area contributed by atoms with Crippen LogP contribution in [0.3, 0.4) is 0 Å². The normalized spacial score (nSPS) is 36.3. The van der Waals surface area contributed by atoms with Gasteiger partial charge in [-0.3, -0.25) is 9.59 Å². The highest BCUT2D eigenvalue weighted by Gasteiger charge is 2.59. The van der Waals surface area contributed by atoms with Crippen LogP contribution in [0.15, 0.2) is 34.9 Å². The number of carboxylic acids is 1. The highest BCUT2D eigenvalue weighted by atomic mass is 16.4. The minimum Gasteiger partial charge on any atom is -0.478 e. The number of nitrogens with zero attached hydrogens (tertiary/aromatic N) is 1. The first kappa shape index (κ1) is 17.3. The van der Waals surface area contributed by atoms with E-state index in [0.717, 1.165) is 12.0 Å². The van der Waals surface area contributed by atoms with Gasteiger partial charge in [0.25, 0.3) is 0 Å². The first-order valence-electron chi connectivity index (χ1n) is 8.38. The molecule has 0 aromatic carbocycles. The molecule has 0 aromatic rings. The van der Waals surface area contributed by atoms with Crippen LogP contribution in [0.25, 0.3) is 0 Å². The summed E-state index contributed by atoms with van der Waals surface area (Å²) in [6.07, 6.45) is 6.17. The summed E-state index contributed by atoms with van der Waals surface area (Å²) in [6.45, 7) is 7.47. The lowest BCUT2D eigenvalue weighted by Gasteiger charge is -2.57. The molecule has 0 unspecified atom stereocenters. The molecule has 130 valence electrons. The largest absolute Gasteiger partial charge is 0.478 e. The predicted molar refractivity (Wildman–Crippen MR) is 90.2 cm³/mol. The van der Waals surface area contributed by atoms with Crippen LogP contribution < -0.4 is 0 Å². The fourth-order valence-electron chi connectivity index (χ4n) is 5.16. The molecule has 0 bridgehead atoms. The van der Waals surface area contributed by atoms with Crippen LogP contribution in [-0.2, 0) is 14.4 Å². The van der Waals surface area contributed by atoms with E-state index in [0.29, 0.717) is 6.42 Å². The summed E-state index contributed by atoms with van der Waals surface area (Å²) in [6, 6.07) is 1.95. The molecule has 3 atom stereocenters. The number of allylic oxidation sites excluding steroid dienone is 5. The Morgan fingerprint density at radius 2 is 1.88 bits per heavy atom. The van der Waals surface area contributed by atoms with Gasteiger partial charge in [-0.15, -0.1) is 0 Å². The van der Waals surface area contributed by atoms with Gasteiger partial charge in [0.05, 0.1) is 11.1 Å². The second kappa shape index (κ2) is 5.01. The van der Waals surface area contributed by atoms with Crippen molar-refractivity contribution in [2.45, 2.75) is 40.5 Å². The average molecular weight is 339 g/mol. The first-order chi connectivity index (χ1) is 11.5. The minimum atomic E-state index is -1.24. The molecular formula is C20H21NO4. The summed E-state index contributed by atoms with van der Waals surface area (Å²) in [5, 5.41) is 18.7. The Morgan fingerprint density at radius 1 is 1.24 bits per heavy atom. The van der Waals surface area contributed by atoms with Crippen molar-refractivity contribution in [2.24, 2.45) is 22.2 Å². The van der Waals surface area contributed by atoms with E-state index in [9.17, 15) is 24.8 Å². The fraction of sp³-hybridized carbons (Fsp3) is 0.500. The molecular weight excluding hydrogens is 318 g/mol. The summed E-state index contributed by atoms with van der Waals surface area (Å²) in [5.41, 5.74) is -1.31. The number of nitriles is 1. The van der Waals surface area contributed by atoms with Gasteiger partial charge in [-0.05, 0) is 30.4 Å². The number of Topliss-reactive ketones (excluding diaryl/α,β-unsaturated/α-hetero) is 1. The highest BCUT2D eigenvalue weighted by Crippen LogP contribution is 2.63. The van der Waals surface area contributed by atoms with Crippen LogP contribution in [0, 0.1) is 33.5 Å². The Hall–Kier alpha value is -2.48. The summed E-state index contributed by atoms with van der Waals surface area (Å²) in [7, 11) is 0. The van der Waals surface area contributed by atoms with Crippen molar-refractivity contribution in [3.05, 3.63) is 34.9 Å². The molecule has 0 amide bonds. The third-order valence-corrected chi connectivity index (χ3v) is 6.37. The molecule has 1 saturated carbocycles. The van der Waals surface area contributed by atoms with E-state index in [4.69, 9.17) is 0 Å². The summed E-state index contributed by atoms with van der Waals surface area (Å²) in [4.78, 5) is 36.6. The Bertz CT molecular complexity index is 851. The first-order valence-corrected chi connectivity index (χ1v) is 8.38. The lowest BCUT2D eigenvalue weighted by molar-refractivity contribution is -0.140. The van der Waals surface area contributed by atoms with Crippen LogP contribution in [0.5, 0.6) is 0 Å². The fourth-order valence-corrected chi connectivity index (χ4v) is 5.16. The van der Waals surface area contributed by atoms with Gasteiger partial charge >= 0.3 is 5.97 Å². The standard InChI is InChI=1S/C20H21NO4/c1-18(2)14-5-6-19(3)8-11(10-21)13(22)7-15(19)20(14,4)9-12(16(18)23)17(24)25/h7-9,14H,5-6H2,1-4H3,(H,24,25)/t14-,19-,20-/m0/s1. The van der Waals surface area contributed by atoms with Crippen molar-refractivity contribution < 1.29 is 19.5 Å². The highest BCUT2D eigenvalue weighted by molar-refractivity contribution is 6.19. The molecule has 3 aliphatic rings. The Kier molecular flexibility index (Phi) is 3.48. The molecule has 25 heavy (non-hydrogen) atoms. The molecule has 3 rings (SSSR count). The number of fused-ring (bicyclic) bond motifs is 3. The van der Waals surface area contributed by atoms with Gasteiger partial charge in [0.15, 0.2) is 11.6 Å². The van der Waals surface area contributed by atoms with Gasteiger partial charge in [-0.2, -0.15) is 5.26 Å². The van der Waals surface area contributed by atoms with Crippen molar-refractivity contribution in [2.75, 3.05) is 0 Å². The number of aliphatic carboxylic acids is 1. The van der Waals surface area contributed by atoms with Crippen LogP contribution in [0.4, 0.5) is 0 Å². The summed E-state index contributed by atoms with van der Waals surface area (Å²) in [5.74, 6) is -2.04. The van der Waals surface area contributed by atoms with E-state index in [1.807, 2.05) is 19.9 Å². The lowest BCUT2D eigenvalue weighted by Crippen LogP contribution is -2.53. The van der Waals surface area contributed by atoms with Crippen molar-refractivity contribution in [1.29, 1.82) is 5.26 Å². The van der Waals surface area contributed by atoms with Gasteiger partial charge < -0.3 is 5.11 Å². The molecule has 0 radical (unpaired) electrons. The molecule has 0 aromatic heterocycles. The number of carbonyl (C=O) groups excluding carboxylic acids is 2. The molecule has 0 spiro atoms. The zero-order valence-electron chi connectivity index (χ0n) is 14.8. The molecule has 0 saturated heterocycles. The topological polar surface area (TPSA) is 95.2 Å². The SMILES string of the molecule is CC1(C)C(=O)C(C(=O)O)=C[C@]2(C)C3=CC(=O)C(C#N)=C[C@]3(C)CC[C@@H]12. The summed E-state index contributed by atoms with van der Waals surface area (Å²) < 4.78 is 0. The van der Waals surface area contributed by atoms with Gasteiger partial charge in [0.2, 0.25) is 0 Å². The maximum absolute atomic E-state index is 12.7. The van der Waals surface area contributed by atoms with Crippen LogP contribution in [0.1, 0.15) is 40.5 Å². The molecule has 5 heteroatoms. The summed E-state index contributed by atoms with van der Waals surface area (Å²) >= 11 is 0. The second-order valence-corrected chi connectivity index (χ2v) is 8.30. The average Bonchev–Trinajstić information content (AvgIpc) is 2.51. The molecule has 1 fully saturated rings. The van der Waals surface area contributed by atoms with Crippen molar-refractivity contribution >= 4 is 17.5 Å². The van der Waals surface area contributed by atoms with Crippen molar-refractivity contribution in [3.63, 3.8) is 0 Å². The van der Waals surface area contributed by atoms with E-state index in [-0.39, 0.29) is 28.6 Å². The third-order valence-electron chi connectivity index (χ3n) is 6.37. The molecule has 5 nitrogen and oxygen atoms in total. The Balaban J connectivity index is 2.27. The maximum atomic E-state index is 12.7. The van der Waals surface area contributed by atoms with E-state index in [1.165, 1.54) is 12.2 Å². The lowest BCUT2D eigenvalue weighted by atomic mass is 9.45. The number of rotatable bonds is 1. The van der Waals surface area contributed by atoms with E-state index < -0.39 is 22.2 Å². The second-order valence-electron chi connectivity index (χ2n) is 8.30. The van der Waals surface area contributed by atoms with Crippen LogP contribution >= 0.6 is 0 Å².